The lowest BCUT2D eigenvalue weighted by Gasteiger charge is -2.23. The number of carbonyl (C=O) groups excluding carboxylic acids is 1. The number of hydrogen-bond donors (Lipinski definition) is 0. The van der Waals surface area contributed by atoms with Gasteiger partial charge in [-0.05, 0) is 35.2 Å². The average molecular weight is 289 g/mol. The van der Waals surface area contributed by atoms with Gasteiger partial charge in [0.1, 0.15) is 10.2 Å². The third-order valence-electron chi connectivity index (χ3n) is 2.57. The van der Waals surface area contributed by atoms with E-state index >= 15 is 0 Å². The third kappa shape index (κ3) is 2.12. The molecule has 1 aromatic heterocycles. The number of hydrogen-bond acceptors (Lipinski definition) is 4. The Hall–Kier alpha value is -0.880. The fourth-order valence-electron chi connectivity index (χ4n) is 1.71. The minimum atomic E-state index is -0.395. The first-order chi connectivity index (χ1) is 7.74. The van der Waals surface area contributed by atoms with Crippen LogP contribution >= 0.6 is 15.9 Å². The summed E-state index contributed by atoms with van der Waals surface area (Å²) in [6.07, 6.45) is 4.53. The van der Waals surface area contributed by atoms with Crippen LogP contribution < -0.4 is 0 Å². The lowest BCUT2D eigenvalue weighted by molar-refractivity contribution is -0.0409. The second-order valence-corrected chi connectivity index (χ2v) is 4.36. The maximum absolute atomic E-state index is 11.4. The molecule has 0 amide bonds. The fourth-order valence-corrected chi connectivity index (χ4v) is 2.30. The van der Waals surface area contributed by atoms with Crippen molar-refractivity contribution in [2.75, 3.05) is 13.7 Å². The van der Waals surface area contributed by atoms with Crippen LogP contribution in [0.5, 0.6) is 0 Å². The van der Waals surface area contributed by atoms with Gasteiger partial charge in [0.2, 0.25) is 0 Å². The first kappa shape index (κ1) is 11.6. The lowest BCUT2D eigenvalue weighted by Crippen LogP contribution is -2.19. The van der Waals surface area contributed by atoms with E-state index in [9.17, 15) is 4.79 Å². The summed E-state index contributed by atoms with van der Waals surface area (Å²) in [5.74, 6) is -0.395. The first-order valence-corrected chi connectivity index (χ1v) is 5.96. The van der Waals surface area contributed by atoms with Crippen molar-refractivity contribution >= 4 is 21.9 Å². The van der Waals surface area contributed by atoms with Gasteiger partial charge in [-0.1, -0.05) is 0 Å². The summed E-state index contributed by atoms with van der Waals surface area (Å²) in [4.78, 5) is 11.4. The number of esters is 1. The van der Waals surface area contributed by atoms with Crippen LogP contribution in [0.4, 0.5) is 0 Å². The van der Waals surface area contributed by atoms with E-state index in [0.29, 0.717) is 10.2 Å². The molecule has 0 aliphatic carbocycles. The molecule has 1 atom stereocenters. The Morgan fingerprint density at radius 3 is 3.12 bits per heavy atom. The molecule has 88 valence electrons. The largest absolute Gasteiger partial charge is 0.465 e. The molecular formula is C10H13BrN2O3. The number of methoxy groups -OCH3 is 1. The molecule has 6 heteroatoms. The van der Waals surface area contributed by atoms with E-state index in [-0.39, 0.29) is 6.23 Å². The Labute approximate surface area is 102 Å². The van der Waals surface area contributed by atoms with Crippen LogP contribution in [0.2, 0.25) is 0 Å². The molecular weight excluding hydrogens is 276 g/mol. The molecule has 0 radical (unpaired) electrons. The molecule has 16 heavy (non-hydrogen) atoms. The number of halogens is 1. The van der Waals surface area contributed by atoms with Crippen LogP contribution in [0.3, 0.4) is 0 Å². The van der Waals surface area contributed by atoms with Gasteiger partial charge in [-0.2, -0.15) is 5.10 Å². The van der Waals surface area contributed by atoms with Crippen molar-refractivity contribution in [2.24, 2.45) is 0 Å². The second-order valence-electron chi connectivity index (χ2n) is 3.61. The first-order valence-electron chi connectivity index (χ1n) is 5.17. The number of ether oxygens (including phenoxy) is 2. The van der Waals surface area contributed by atoms with E-state index < -0.39 is 5.97 Å². The fraction of sp³-hybridized carbons (Fsp3) is 0.600. The van der Waals surface area contributed by atoms with Gasteiger partial charge in [0, 0.05) is 6.61 Å². The summed E-state index contributed by atoms with van der Waals surface area (Å²) in [5, 5.41) is 4.15. The topological polar surface area (TPSA) is 53.3 Å². The van der Waals surface area contributed by atoms with Crippen molar-refractivity contribution in [1.82, 2.24) is 9.78 Å². The van der Waals surface area contributed by atoms with Crippen LogP contribution in [-0.2, 0) is 9.47 Å². The van der Waals surface area contributed by atoms with Crippen LogP contribution in [-0.4, -0.2) is 29.5 Å². The molecule has 0 bridgehead atoms. The molecule has 1 saturated heterocycles. The summed E-state index contributed by atoms with van der Waals surface area (Å²) in [6.45, 7) is 0.741. The molecule has 2 rings (SSSR count). The highest BCUT2D eigenvalue weighted by atomic mass is 79.9. The molecule has 1 unspecified atom stereocenters. The molecule has 0 aromatic carbocycles. The zero-order chi connectivity index (χ0) is 11.5. The Morgan fingerprint density at radius 1 is 1.69 bits per heavy atom. The van der Waals surface area contributed by atoms with Crippen molar-refractivity contribution < 1.29 is 14.3 Å². The molecule has 1 aliphatic rings. The van der Waals surface area contributed by atoms with Crippen LogP contribution in [0.1, 0.15) is 35.8 Å². The van der Waals surface area contributed by atoms with Gasteiger partial charge in [-0.3, -0.25) is 0 Å². The predicted octanol–water partition coefficient (Wildman–Crippen LogP) is 2.13. The SMILES string of the molecule is COC(=O)c1cnn(C2CCCCO2)c1Br. The summed E-state index contributed by atoms with van der Waals surface area (Å²) in [6, 6.07) is 0. The monoisotopic (exact) mass is 288 g/mol. The molecule has 1 aliphatic heterocycles. The van der Waals surface area contributed by atoms with Crippen molar-refractivity contribution in [3.8, 4) is 0 Å². The quantitative estimate of drug-likeness (QED) is 0.783. The van der Waals surface area contributed by atoms with E-state index in [0.717, 1.165) is 25.9 Å². The van der Waals surface area contributed by atoms with Crippen LogP contribution in [0.25, 0.3) is 0 Å². The Balaban J connectivity index is 2.21. The molecule has 0 saturated carbocycles. The Bertz CT molecular complexity index is 385. The number of carbonyl (C=O) groups is 1. The third-order valence-corrected chi connectivity index (χ3v) is 3.36. The maximum Gasteiger partial charge on any atom is 0.342 e. The van der Waals surface area contributed by atoms with Crippen molar-refractivity contribution in [1.29, 1.82) is 0 Å². The van der Waals surface area contributed by atoms with Crippen molar-refractivity contribution in [2.45, 2.75) is 25.5 Å². The Kier molecular flexibility index (Phi) is 3.60. The van der Waals surface area contributed by atoms with E-state index in [4.69, 9.17) is 4.74 Å². The summed E-state index contributed by atoms with van der Waals surface area (Å²) in [5.41, 5.74) is 0.427. The van der Waals surface area contributed by atoms with E-state index in [1.165, 1.54) is 13.3 Å². The minimum absolute atomic E-state index is 0.0819. The Morgan fingerprint density at radius 2 is 2.50 bits per heavy atom. The van der Waals surface area contributed by atoms with Crippen LogP contribution in [0, 0.1) is 0 Å². The van der Waals surface area contributed by atoms with E-state index in [1.807, 2.05) is 0 Å². The molecule has 0 N–H and O–H groups in total. The van der Waals surface area contributed by atoms with Crippen molar-refractivity contribution in [3.63, 3.8) is 0 Å². The van der Waals surface area contributed by atoms with E-state index in [2.05, 4.69) is 25.8 Å². The minimum Gasteiger partial charge on any atom is -0.465 e. The summed E-state index contributed by atoms with van der Waals surface area (Å²) in [7, 11) is 1.35. The zero-order valence-corrected chi connectivity index (χ0v) is 10.6. The van der Waals surface area contributed by atoms with Gasteiger partial charge in [0.25, 0.3) is 0 Å². The average Bonchev–Trinajstić information content (AvgIpc) is 2.71. The van der Waals surface area contributed by atoms with Gasteiger partial charge < -0.3 is 9.47 Å². The van der Waals surface area contributed by atoms with Gasteiger partial charge in [0.05, 0.1) is 13.3 Å². The smallest absolute Gasteiger partial charge is 0.342 e. The molecule has 2 heterocycles. The van der Waals surface area contributed by atoms with Gasteiger partial charge in [-0.15, -0.1) is 0 Å². The molecule has 1 aromatic rings. The highest BCUT2D eigenvalue weighted by Crippen LogP contribution is 2.27. The summed E-state index contributed by atoms with van der Waals surface area (Å²) < 4.78 is 12.5. The number of rotatable bonds is 2. The van der Waals surface area contributed by atoms with Gasteiger partial charge in [0.15, 0.2) is 6.23 Å². The molecule has 5 nitrogen and oxygen atoms in total. The van der Waals surface area contributed by atoms with Gasteiger partial charge in [-0.25, -0.2) is 9.48 Å². The van der Waals surface area contributed by atoms with Gasteiger partial charge >= 0.3 is 5.97 Å². The normalized spacial score (nSPS) is 20.8. The molecule has 0 spiro atoms. The predicted molar refractivity (Wildman–Crippen MR) is 60.1 cm³/mol. The van der Waals surface area contributed by atoms with Crippen molar-refractivity contribution in [3.05, 3.63) is 16.4 Å². The number of aromatic nitrogens is 2. The highest BCUT2D eigenvalue weighted by molar-refractivity contribution is 9.10. The molecule has 1 fully saturated rings. The zero-order valence-electron chi connectivity index (χ0n) is 8.98. The van der Waals surface area contributed by atoms with Crippen LogP contribution in [0.15, 0.2) is 10.8 Å². The second kappa shape index (κ2) is 4.97. The highest BCUT2D eigenvalue weighted by Gasteiger charge is 2.23. The standard InChI is InChI=1S/C10H13BrN2O3/c1-15-10(14)7-6-12-13(9(7)11)8-4-2-3-5-16-8/h6,8H,2-5H2,1H3. The lowest BCUT2D eigenvalue weighted by atomic mass is 10.2. The summed E-state index contributed by atoms with van der Waals surface area (Å²) >= 11 is 3.35. The maximum atomic E-state index is 11.4. The van der Waals surface area contributed by atoms with E-state index in [1.54, 1.807) is 4.68 Å². The number of nitrogens with zero attached hydrogens (tertiary/aromatic N) is 2.